The molecule has 5 heteroatoms. The number of benzene rings is 1. The smallest absolute Gasteiger partial charge is 0.223 e. The SMILES string of the molecule is Cc1cc(Cl)ccc1OCCNC(=O)C1CCOCC1. The Morgan fingerprint density at radius 3 is 2.90 bits per heavy atom. The summed E-state index contributed by atoms with van der Waals surface area (Å²) < 4.78 is 10.9. The highest BCUT2D eigenvalue weighted by Gasteiger charge is 2.20. The lowest BCUT2D eigenvalue weighted by molar-refractivity contribution is -0.127. The summed E-state index contributed by atoms with van der Waals surface area (Å²) in [7, 11) is 0. The van der Waals surface area contributed by atoms with Crippen LogP contribution in [0.5, 0.6) is 5.75 Å². The number of halogens is 1. The Labute approximate surface area is 124 Å². The van der Waals surface area contributed by atoms with Gasteiger partial charge in [-0.2, -0.15) is 0 Å². The molecule has 0 aromatic heterocycles. The van der Waals surface area contributed by atoms with E-state index in [-0.39, 0.29) is 11.8 Å². The summed E-state index contributed by atoms with van der Waals surface area (Å²) in [6.07, 6.45) is 1.62. The molecule has 1 fully saturated rings. The number of hydrogen-bond donors (Lipinski definition) is 1. The van der Waals surface area contributed by atoms with E-state index in [0.717, 1.165) is 24.2 Å². The lowest BCUT2D eigenvalue weighted by Gasteiger charge is -2.21. The van der Waals surface area contributed by atoms with Gasteiger partial charge in [-0.1, -0.05) is 11.6 Å². The van der Waals surface area contributed by atoms with Crippen LogP contribution in [-0.4, -0.2) is 32.3 Å². The lowest BCUT2D eigenvalue weighted by Crippen LogP contribution is -2.36. The van der Waals surface area contributed by atoms with E-state index in [1.165, 1.54) is 0 Å². The van der Waals surface area contributed by atoms with Gasteiger partial charge < -0.3 is 14.8 Å². The highest BCUT2D eigenvalue weighted by molar-refractivity contribution is 6.30. The number of aryl methyl sites for hydroxylation is 1. The zero-order valence-electron chi connectivity index (χ0n) is 11.7. The normalized spacial score (nSPS) is 15.9. The second-order valence-corrected chi connectivity index (χ2v) is 5.37. The summed E-state index contributed by atoms with van der Waals surface area (Å²) in [5, 5.41) is 3.60. The Morgan fingerprint density at radius 1 is 1.45 bits per heavy atom. The van der Waals surface area contributed by atoms with Crippen LogP contribution in [0.25, 0.3) is 0 Å². The zero-order valence-corrected chi connectivity index (χ0v) is 12.4. The minimum absolute atomic E-state index is 0.0843. The van der Waals surface area contributed by atoms with E-state index in [0.29, 0.717) is 31.4 Å². The van der Waals surface area contributed by atoms with Crippen molar-refractivity contribution >= 4 is 17.5 Å². The van der Waals surface area contributed by atoms with Crippen LogP contribution in [0, 0.1) is 12.8 Å². The summed E-state index contributed by atoms with van der Waals surface area (Å²) in [6, 6.07) is 5.50. The molecule has 0 saturated carbocycles. The molecule has 1 N–H and O–H groups in total. The van der Waals surface area contributed by atoms with Gasteiger partial charge in [0, 0.05) is 24.2 Å². The van der Waals surface area contributed by atoms with Crippen molar-refractivity contribution in [1.82, 2.24) is 5.32 Å². The van der Waals surface area contributed by atoms with E-state index in [1.54, 1.807) is 6.07 Å². The van der Waals surface area contributed by atoms with Gasteiger partial charge in [-0.15, -0.1) is 0 Å². The first-order chi connectivity index (χ1) is 9.66. The monoisotopic (exact) mass is 297 g/mol. The van der Waals surface area contributed by atoms with E-state index < -0.39 is 0 Å². The molecule has 0 aliphatic carbocycles. The second-order valence-electron chi connectivity index (χ2n) is 4.94. The average molecular weight is 298 g/mol. The van der Waals surface area contributed by atoms with Gasteiger partial charge in [-0.05, 0) is 43.5 Å². The highest BCUT2D eigenvalue weighted by atomic mass is 35.5. The van der Waals surface area contributed by atoms with E-state index >= 15 is 0 Å². The Bertz CT molecular complexity index is 458. The first-order valence-electron chi connectivity index (χ1n) is 6.91. The standard InChI is InChI=1S/C15H20ClNO3/c1-11-10-13(16)2-3-14(11)20-9-6-17-15(18)12-4-7-19-8-5-12/h2-3,10,12H,4-9H2,1H3,(H,17,18). The third-order valence-corrected chi connectivity index (χ3v) is 3.62. The van der Waals surface area contributed by atoms with Gasteiger partial charge in [0.2, 0.25) is 5.91 Å². The predicted molar refractivity (Wildman–Crippen MR) is 78.2 cm³/mol. The van der Waals surface area contributed by atoms with E-state index in [1.807, 2.05) is 19.1 Å². The molecule has 1 saturated heterocycles. The van der Waals surface area contributed by atoms with Crippen molar-refractivity contribution in [3.05, 3.63) is 28.8 Å². The summed E-state index contributed by atoms with van der Waals surface area (Å²) in [5.74, 6) is 0.987. The largest absolute Gasteiger partial charge is 0.491 e. The molecule has 110 valence electrons. The fourth-order valence-corrected chi connectivity index (χ4v) is 2.44. The van der Waals surface area contributed by atoms with Crippen LogP contribution in [0.2, 0.25) is 5.02 Å². The van der Waals surface area contributed by atoms with Crippen molar-refractivity contribution in [2.24, 2.45) is 5.92 Å². The quantitative estimate of drug-likeness (QED) is 0.850. The fraction of sp³-hybridized carbons (Fsp3) is 0.533. The maximum absolute atomic E-state index is 11.9. The number of nitrogens with one attached hydrogen (secondary N) is 1. The summed E-state index contributed by atoms with van der Waals surface area (Å²) in [5.41, 5.74) is 0.994. The number of hydrogen-bond acceptors (Lipinski definition) is 3. The molecular weight excluding hydrogens is 278 g/mol. The molecule has 4 nitrogen and oxygen atoms in total. The molecule has 1 aliphatic heterocycles. The van der Waals surface area contributed by atoms with E-state index in [4.69, 9.17) is 21.1 Å². The number of ether oxygens (including phenoxy) is 2. The molecule has 0 unspecified atom stereocenters. The maximum Gasteiger partial charge on any atom is 0.223 e. The van der Waals surface area contributed by atoms with Gasteiger partial charge in [0.05, 0.1) is 6.54 Å². The van der Waals surface area contributed by atoms with E-state index in [9.17, 15) is 4.79 Å². The molecule has 2 rings (SSSR count). The first kappa shape index (κ1) is 15.1. The highest BCUT2D eigenvalue weighted by Crippen LogP contribution is 2.21. The van der Waals surface area contributed by atoms with Crippen molar-refractivity contribution in [1.29, 1.82) is 0 Å². The summed E-state index contributed by atoms with van der Waals surface area (Å²) in [6.45, 7) is 4.27. The zero-order chi connectivity index (χ0) is 14.4. The van der Waals surface area contributed by atoms with Crippen LogP contribution in [0.4, 0.5) is 0 Å². The molecular formula is C15H20ClNO3. The predicted octanol–water partition coefficient (Wildman–Crippen LogP) is 2.57. The van der Waals surface area contributed by atoms with Gasteiger partial charge in [0.1, 0.15) is 12.4 Å². The maximum atomic E-state index is 11.9. The number of amides is 1. The summed E-state index contributed by atoms with van der Waals surface area (Å²) >= 11 is 5.88. The molecule has 0 bridgehead atoms. The Hall–Kier alpha value is -1.26. The van der Waals surface area contributed by atoms with Crippen LogP contribution in [-0.2, 0) is 9.53 Å². The second kappa shape index (κ2) is 7.50. The Balaban J connectivity index is 1.69. The molecule has 20 heavy (non-hydrogen) atoms. The first-order valence-corrected chi connectivity index (χ1v) is 7.29. The van der Waals surface area contributed by atoms with Crippen molar-refractivity contribution in [2.45, 2.75) is 19.8 Å². The topological polar surface area (TPSA) is 47.6 Å². The minimum Gasteiger partial charge on any atom is -0.491 e. The molecule has 1 aromatic rings. The Morgan fingerprint density at radius 2 is 2.20 bits per heavy atom. The van der Waals surface area contributed by atoms with E-state index in [2.05, 4.69) is 5.32 Å². The molecule has 1 heterocycles. The number of carbonyl (C=O) groups is 1. The minimum atomic E-state index is 0.0843. The van der Waals surface area contributed by atoms with Gasteiger partial charge >= 0.3 is 0 Å². The molecule has 0 spiro atoms. The van der Waals surface area contributed by atoms with Gasteiger partial charge in [-0.3, -0.25) is 4.79 Å². The van der Waals surface area contributed by atoms with Crippen molar-refractivity contribution < 1.29 is 14.3 Å². The molecule has 0 radical (unpaired) electrons. The number of carbonyl (C=O) groups excluding carboxylic acids is 1. The van der Waals surface area contributed by atoms with Crippen LogP contribution < -0.4 is 10.1 Å². The van der Waals surface area contributed by atoms with Crippen LogP contribution in [0.1, 0.15) is 18.4 Å². The van der Waals surface area contributed by atoms with Gasteiger partial charge in [0.15, 0.2) is 0 Å². The van der Waals surface area contributed by atoms with Crippen LogP contribution in [0.15, 0.2) is 18.2 Å². The lowest BCUT2D eigenvalue weighted by atomic mass is 9.99. The molecule has 0 atom stereocenters. The van der Waals surface area contributed by atoms with Crippen molar-refractivity contribution in [3.63, 3.8) is 0 Å². The molecule has 1 aliphatic rings. The Kier molecular flexibility index (Phi) is 5.68. The molecule has 1 aromatic carbocycles. The van der Waals surface area contributed by atoms with Gasteiger partial charge in [-0.25, -0.2) is 0 Å². The summed E-state index contributed by atoms with van der Waals surface area (Å²) in [4.78, 5) is 11.9. The fourth-order valence-electron chi connectivity index (χ4n) is 2.21. The third-order valence-electron chi connectivity index (χ3n) is 3.39. The molecule has 1 amide bonds. The average Bonchev–Trinajstić information content (AvgIpc) is 2.46. The van der Waals surface area contributed by atoms with Crippen molar-refractivity contribution in [2.75, 3.05) is 26.4 Å². The third kappa shape index (κ3) is 4.39. The van der Waals surface area contributed by atoms with Gasteiger partial charge in [0.25, 0.3) is 0 Å². The van der Waals surface area contributed by atoms with Crippen LogP contribution in [0.3, 0.4) is 0 Å². The van der Waals surface area contributed by atoms with Crippen LogP contribution >= 0.6 is 11.6 Å². The number of rotatable bonds is 5. The van der Waals surface area contributed by atoms with Crippen molar-refractivity contribution in [3.8, 4) is 5.75 Å².